The summed E-state index contributed by atoms with van der Waals surface area (Å²) in [5, 5.41) is 6.57. The van der Waals surface area contributed by atoms with E-state index in [0.29, 0.717) is 34.0 Å². The number of hydrogen-bond donors (Lipinski definition) is 2. The van der Waals surface area contributed by atoms with Crippen LogP contribution in [0.1, 0.15) is 34.0 Å². The SMILES string of the molecule is COc1ccccc1C(=O)Oc1ccc(/C(C)=N/NC(=O)C(=O)Nc2cc(C)ccc2C)cc1. The summed E-state index contributed by atoms with van der Waals surface area (Å²) in [6.07, 6.45) is 0. The van der Waals surface area contributed by atoms with E-state index in [1.807, 2.05) is 26.0 Å². The monoisotopic (exact) mass is 459 g/mol. The number of hydrogen-bond acceptors (Lipinski definition) is 6. The van der Waals surface area contributed by atoms with Crippen LogP contribution in [0.15, 0.2) is 71.8 Å². The van der Waals surface area contributed by atoms with Gasteiger partial charge in [0.05, 0.1) is 12.8 Å². The number of aryl methyl sites for hydroxylation is 2. The van der Waals surface area contributed by atoms with E-state index < -0.39 is 17.8 Å². The number of carbonyl (C=O) groups excluding carboxylic acids is 3. The fraction of sp³-hybridized carbons (Fsp3) is 0.154. The first-order valence-electron chi connectivity index (χ1n) is 10.5. The standard InChI is InChI=1S/C26H25N3O5/c1-16-9-10-17(2)22(15-16)27-24(30)25(31)29-28-18(3)19-11-13-20(14-12-19)34-26(32)21-7-5-6-8-23(21)33-4/h5-15H,1-4H3,(H,27,30)(H,29,31)/b28-18+. The lowest BCUT2D eigenvalue weighted by Crippen LogP contribution is -2.33. The number of hydrazone groups is 1. The van der Waals surface area contributed by atoms with Crippen molar-refractivity contribution in [3.05, 3.63) is 89.0 Å². The van der Waals surface area contributed by atoms with Crippen LogP contribution < -0.4 is 20.2 Å². The highest BCUT2D eigenvalue weighted by Gasteiger charge is 2.16. The topological polar surface area (TPSA) is 106 Å². The molecule has 0 atom stereocenters. The Morgan fingerprint density at radius 3 is 2.29 bits per heavy atom. The summed E-state index contributed by atoms with van der Waals surface area (Å²) in [6.45, 7) is 5.42. The van der Waals surface area contributed by atoms with Crippen molar-refractivity contribution in [1.29, 1.82) is 0 Å². The molecule has 0 heterocycles. The average Bonchev–Trinajstić information content (AvgIpc) is 2.84. The molecule has 0 aliphatic heterocycles. The van der Waals surface area contributed by atoms with Gasteiger partial charge in [0.25, 0.3) is 0 Å². The van der Waals surface area contributed by atoms with E-state index in [2.05, 4.69) is 15.8 Å². The summed E-state index contributed by atoms with van der Waals surface area (Å²) in [5.41, 5.74) is 6.09. The Bertz CT molecular complexity index is 1250. The van der Waals surface area contributed by atoms with Gasteiger partial charge in [0.1, 0.15) is 17.1 Å². The molecule has 0 unspecified atom stereocenters. The molecule has 0 aliphatic carbocycles. The van der Waals surface area contributed by atoms with Gasteiger partial charge in [0.2, 0.25) is 0 Å². The Morgan fingerprint density at radius 2 is 1.59 bits per heavy atom. The van der Waals surface area contributed by atoms with Gasteiger partial charge in [-0.1, -0.05) is 24.3 Å². The third-order valence-electron chi connectivity index (χ3n) is 4.98. The number of ether oxygens (including phenoxy) is 2. The molecule has 8 heteroatoms. The molecule has 2 amide bonds. The van der Waals surface area contributed by atoms with Crippen molar-refractivity contribution in [1.82, 2.24) is 5.43 Å². The second kappa shape index (κ2) is 10.9. The number of benzene rings is 3. The number of carbonyl (C=O) groups is 3. The Hall–Kier alpha value is -4.46. The van der Waals surface area contributed by atoms with Crippen LogP contribution in [-0.2, 0) is 9.59 Å². The molecule has 3 aromatic rings. The molecule has 34 heavy (non-hydrogen) atoms. The van der Waals surface area contributed by atoms with Gasteiger partial charge in [0.15, 0.2) is 0 Å². The van der Waals surface area contributed by atoms with E-state index in [1.165, 1.54) is 7.11 Å². The average molecular weight is 460 g/mol. The van der Waals surface area contributed by atoms with Crippen LogP contribution in [0.25, 0.3) is 0 Å². The maximum atomic E-state index is 12.4. The summed E-state index contributed by atoms with van der Waals surface area (Å²) in [7, 11) is 1.48. The zero-order valence-corrected chi connectivity index (χ0v) is 19.3. The fourth-order valence-electron chi connectivity index (χ4n) is 3.04. The van der Waals surface area contributed by atoms with Gasteiger partial charge in [-0.05, 0) is 79.9 Å². The van der Waals surface area contributed by atoms with Gasteiger partial charge in [-0.2, -0.15) is 5.10 Å². The highest BCUT2D eigenvalue weighted by atomic mass is 16.5. The van der Waals surface area contributed by atoms with Crippen LogP contribution in [0.5, 0.6) is 11.5 Å². The zero-order chi connectivity index (χ0) is 24.7. The summed E-state index contributed by atoms with van der Waals surface area (Å²) in [4.78, 5) is 36.7. The molecule has 0 saturated heterocycles. The Kier molecular flexibility index (Phi) is 7.76. The van der Waals surface area contributed by atoms with E-state index in [-0.39, 0.29) is 0 Å². The molecular formula is C26H25N3O5. The molecule has 0 aliphatic rings. The largest absolute Gasteiger partial charge is 0.496 e. The predicted octanol–water partition coefficient (Wildman–Crippen LogP) is 4.01. The smallest absolute Gasteiger partial charge is 0.347 e. The third-order valence-corrected chi connectivity index (χ3v) is 4.98. The molecule has 0 aromatic heterocycles. The molecule has 0 bridgehead atoms. The molecule has 0 saturated carbocycles. The second-order valence-electron chi connectivity index (χ2n) is 7.52. The molecular weight excluding hydrogens is 434 g/mol. The minimum atomic E-state index is -0.886. The molecule has 0 spiro atoms. The summed E-state index contributed by atoms with van der Waals surface area (Å²) < 4.78 is 10.6. The van der Waals surface area contributed by atoms with E-state index in [4.69, 9.17) is 9.47 Å². The molecule has 3 aromatic carbocycles. The Balaban J connectivity index is 1.60. The molecule has 3 rings (SSSR count). The van der Waals surface area contributed by atoms with Gasteiger partial charge >= 0.3 is 17.8 Å². The Labute approximate surface area is 197 Å². The number of nitrogens with one attached hydrogen (secondary N) is 2. The van der Waals surface area contributed by atoms with Gasteiger partial charge in [-0.3, -0.25) is 9.59 Å². The van der Waals surface area contributed by atoms with E-state index in [9.17, 15) is 14.4 Å². The van der Waals surface area contributed by atoms with Crippen LogP contribution >= 0.6 is 0 Å². The molecule has 174 valence electrons. The molecule has 0 fully saturated rings. The lowest BCUT2D eigenvalue weighted by molar-refractivity contribution is -0.136. The van der Waals surface area contributed by atoms with Crippen molar-refractivity contribution in [2.45, 2.75) is 20.8 Å². The van der Waals surface area contributed by atoms with Gasteiger partial charge < -0.3 is 14.8 Å². The van der Waals surface area contributed by atoms with Crippen molar-refractivity contribution in [3.63, 3.8) is 0 Å². The van der Waals surface area contributed by atoms with E-state index in [1.54, 1.807) is 61.5 Å². The summed E-state index contributed by atoms with van der Waals surface area (Å²) >= 11 is 0. The van der Waals surface area contributed by atoms with Crippen molar-refractivity contribution < 1.29 is 23.9 Å². The first-order valence-corrected chi connectivity index (χ1v) is 10.5. The quantitative estimate of drug-likeness (QED) is 0.190. The number of rotatable bonds is 6. The van der Waals surface area contributed by atoms with Crippen LogP contribution in [0.2, 0.25) is 0 Å². The maximum absolute atomic E-state index is 12.4. The van der Waals surface area contributed by atoms with Gasteiger partial charge in [-0.15, -0.1) is 0 Å². The van der Waals surface area contributed by atoms with Crippen LogP contribution in [0.4, 0.5) is 5.69 Å². The number of anilines is 1. The zero-order valence-electron chi connectivity index (χ0n) is 19.3. The Morgan fingerprint density at radius 1 is 0.882 bits per heavy atom. The van der Waals surface area contributed by atoms with Gasteiger partial charge in [-0.25, -0.2) is 10.2 Å². The highest BCUT2D eigenvalue weighted by molar-refractivity contribution is 6.39. The molecule has 8 nitrogen and oxygen atoms in total. The minimum Gasteiger partial charge on any atom is -0.496 e. The van der Waals surface area contributed by atoms with E-state index in [0.717, 1.165) is 11.1 Å². The lowest BCUT2D eigenvalue weighted by Gasteiger charge is -2.09. The first-order chi connectivity index (χ1) is 16.3. The van der Waals surface area contributed by atoms with Crippen molar-refractivity contribution in [2.24, 2.45) is 5.10 Å². The number of nitrogens with zero attached hydrogens (tertiary/aromatic N) is 1. The third kappa shape index (κ3) is 6.07. The number of para-hydroxylation sites is 1. The number of esters is 1. The van der Waals surface area contributed by atoms with Crippen molar-refractivity contribution in [3.8, 4) is 11.5 Å². The minimum absolute atomic E-state index is 0.314. The highest BCUT2D eigenvalue weighted by Crippen LogP contribution is 2.21. The molecule has 2 N–H and O–H groups in total. The van der Waals surface area contributed by atoms with Crippen LogP contribution in [-0.4, -0.2) is 30.6 Å². The number of methoxy groups -OCH3 is 1. The second-order valence-corrected chi connectivity index (χ2v) is 7.52. The van der Waals surface area contributed by atoms with E-state index >= 15 is 0 Å². The van der Waals surface area contributed by atoms with Crippen LogP contribution in [0, 0.1) is 13.8 Å². The first kappa shape index (κ1) is 24.2. The van der Waals surface area contributed by atoms with Gasteiger partial charge in [0, 0.05) is 5.69 Å². The fourth-order valence-corrected chi connectivity index (χ4v) is 3.04. The number of amides is 2. The normalized spacial score (nSPS) is 10.9. The predicted molar refractivity (Wildman–Crippen MR) is 129 cm³/mol. The lowest BCUT2D eigenvalue weighted by atomic mass is 10.1. The maximum Gasteiger partial charge on any atom is 0.347 e. The summed E-state index contributed by atoms with van der Waals surface area (Å²) in [6, 6.07) is 18.9. The molecule has 0 radical (unpaired) electrons. The summed E-state index contributed by atoms with van der Waals surface area (Å²) in [5.74, 6) is -1.49. The van der Waals surface area contributed by atoms with Crippen molar-refractivity contribution in [2.75, 3.05) is 12.4 Å². The van der Waals surface area contributed by atoms with Crippen LogP contribution in [0.3, 0.4) is 0 Å². The van der Waals surface area contributed by atoms with Crippen molar-refractivity contribution >= 4 is 29.2 Å².